The Morgan fingerprint density at radius 2 is 1.71 bits per heavy atom. The summed E-state index contributed by atoms with van der Waals surface area (Å²) in [6, 6.07) is 2.75. The van der Waals surface area contributed by atoms with E-state index in [0.717, 1.165) is 31.4 Å². The minimum absolute atomic E-state index is 0.375. The van der Waals surface area contributed by atoms with E-state index >= 15 is 0 Å². The van der Waals surface area contributed by atoms with Crippen molar-refractivity contribution in [2.45, 2.75) is 45.8 Å². The summed E-state index contributed by atoms with van der Waals surface area (Å²) in [5.74, 6) is -3.50. The number of carbonyl (C=O) groups is 3. The molecule has 168 valence electrons. The SMILES string of the molecule is CC(=O)OC1=C(C(=O)c2ccc(OS(C)(=O)=O)cc2[N+](=O)[O-])C(=O)C(C)(C)OC1(C)C. The van der Waals surface area contributed by atoms with Crippen molar-refractivity contribution < 1.29 is 41.4 Å². The predicted octanol–water partition coefficient (Wildman–Crippen LogP) is 2.09. The van der Waals surface area contributed by atoms with Gasteiger partial charge in [-0.2, -0.15) is 8.42 Å². The van der Waals surface area contributed by atoms with E-state index in [-0.39, 0.29) is 11.5 Å². The molecule has 1 aromatic carbocycles. The summed E-state index contributed by atoms with van der Waals surface area (Å²) in [4.78, 5) is 48.6. The van der Waals surface area contributed by atoms with Crippen molar-refractivity contribution in [2.24, 2.45) is 0 Å². The van der Waals surface area contributed by atoms with Gasteiger partial charge in [0, 0.05) is 6.92 Å². The Morgan fingerprint density at radius 3 is 2.19 bits per heavy atom. The van der Waals surface area contributed by atoms with Crippen LogP contribution in [0.2, 0.25) is 0 Å². The fraction of sp³-hybridized carbons (Fsp3) is 0.421. The molecule has 0 aromatic heterocycles. The first-order valence-electron chi connectivity index (χ1n) is 8.87. The van der Waals surface area contributed by atoms with Crippen LogP contribution in [0, 0.1) is 10.1 Å². The average Bonchev–Trinajstić information content (AvgIpc) is 2.57. The van der Waals surface area contributed by atoms with Crippen LogP contribution < -0.4 is 4.18 Å². The standard InChI is InChI=1S/C19H21NO10S/c1-10(21)28-17-14(16(23)18(2,3)30-19(17,4)5)15(22)12-8-7-11(29-31(6,26)27)9-13(12)20(24)25/h7-9H,1-6H3. The first-order valence-corrected chi connectivity index (χ1v) is 10.7. The minimum atomic E-state index is -3.98. The summed E-state index contributed by atoms with van der Waals surface area (Å²) in [5, 5.41) is 11.6. The quantitative estimate of drug-likeness (QED) is 0.155. The Kier molecular flexibility index (Phi) is 6.12. The highest BCUT2D eigenvalue weighted by atomic mass is 32.2. The molecule has 0 saturated heterocycles. The fourth-order valence-electron chi connectivity index (χ4n) is 3.18. The normalized spacial score (nSPS) is 17.8. The second-order valence-corrected chi connectivity index (χ2v) is 9.38. The van der Waals surface area contributed by atoms with Gasteiger partial charge in [-0.25, -0.2) is 0 Å². The van der Waals surface area contributed by atoms with Crippen molar-refractivity contribution in [3.63, 3.8) is 0 Å². The molecule has 0 amide bonds. The van der Waals surface area contributed by atoms with Gasteiger partial charge in [0.2, 0.25) is 11.6 Å². The molecule has 0 spiro atoms. The maximum Gasteiger partial charge on any atom is 0.307 e. The highest BCUT2D eigenvalue weighted by Crippen LogP contribution is 2.40. The Balaban J connectivity index is 2.76. The van der Waals surface area contributed by atoms with E-state index in [2.05, 4.69) is 4.18 Å². The number of rotatable bonds is 6. The number of nitro groups is 1. The van der Waals surface area contributed by atoms with Gasteiger partial charge in [-0.3, -0.25) is 24.5 Å². The summed E-state index contributed by atoms with van der Waals surface area (Å²) in [5.41, 5.74) is -4.77. The summed E-state index contributed by atoms with van der Waals surface area (Å²) in [6.45, 7) is 6.84. The van der Waals surface area contributed by atoms with Crippen molar-refractivity contribution in [1.82, 2.24) is 0 Å². The summed E-state index contributed by atoms with van der Waals surface area (Å²) >= 11 is 0. The molecule has 11 nitrogen and oxygen atoms in total. The number of ether oxygens (including phenoxy) is 2. The van der Waals surface area contributed by atoms with Gasteiger partial charge in [0.15, 0.2) is 5.76 Å². The number of hydrogen-bond donors (Lipinski definition) is 0. The van der Waals surface area contributed by atoms with E-state index in [1.807, 2.05) is 0 Å². The smallest absolute Gasteiger partial charge is 0.307 e. The highest BCUT2D eigenvalue weighted by molar-refractivity contribution is 7.86. The first-order chi connectivity index (χ1) is 14.0. The van der Waals surface area contributed by atoms with Crippen LogP contribution in [0.25, 0.3) is 0 Å². The Bertz CT molecular complexity index is 1130. The minimum Gasteiger partial charge on any atom is -0.427 e. The number of Topliss-reactive ketones (excluding diaryl/α,β-unsaturated/α-hetero) is 2. The van der Waals surface area contributed by atoms with Crippen molar-refractivity contribution >= 4 is 33.3 Å². The van der Waals surface area contributed by atoms with E-state index in [1.54, 1.807) is 0 Å². The maximum atomic E-state index is 13.3. The predicted molar refractivity (Wildman–Crippen MR) is 106 cm³/mol. The first kappa shape index (κ1) is 24.2. The molecule has 2 rings (SSSR count). The lowest BCUT2D eigenvalue weighted by molar-refractivity contribution is -0.385. The molecule has 0 radical (unpaired) electrons. The zero-order valence-electron chi connectivity index (χ0n) is 17.7. The molecule has 0 saturated carbocycles. The fourth-order valence-corrected chi connectivity index (χ4v) is 3.63. The van der Waals surface area contributed by atoms with E-state index in [9.17, 15) is 32.9 Å². The second kappa shape index (κ2) is 7.85. The van der Waals surface area contributed by atoms with Gasteiger partial charge in [0.1, 0.15) is 28.1 Å². The van der Waals surface area contributed by atoms with Gasteiger partial charge < -0.3 is 13.7 Å². The van der Waals surface area contributed by atoms with Crippen molar-refractivity contribution in [1.29, 1.82) is 0 Å². The van der Waals surface area contributed by atoms with Gasteiger partial charge >= 0.3 is 16.1 Å². The third-order valence-electron chi connectivity index (χ3n) is 4.19. The molecule has 0 unspecified atom stereocenters. The summed E-state index contributed by atoms with van der Waals surface area (Å²) in [6.07, 6.45) is 0.749. The molecule has 0 bridgehead atoms. The largest absolute Gasteiger partial charge is 0.427 e. The molecule has 1 aliphatic heterocycles. The van der Waals surface area contributed by atoms with Gasteiger partial charge in [-0.05, 0) is 39.8 Å². The molecule has 1 heterocycles. The van der Waals surface area contributed by atoms with Crippen LogP contribution in [0.1, 0.15) is 45.0 Å². The number of nitrogens with zero attached hydrogens (tertiary/aromatic N) is 1. The molecule has 0 atom stereocenters. The molecule has 31 heavy (non-hydrogen) atoms. The van der Waals surface area contributed by atoms with Crippen LogP contribution in [0.4, 0.5) is 5.69 Å². The topological polar surface area (TPSA) is 156 Å². The zero-order chi connectivity index (χ0) is 23.9. The van der Waals surface area contributed by atoms with Crippen molar-refractivity contribution in [3.8, 4) is 5.75 Å². The third kappa shape index (κ3) is 5.14. The van der Waals surface area contributed by atoms with Crippen LogP contribution in [0.15, 0.2) is 29.5 Å². The molecule has 0 aliphatic carbocycles. The lowest BCUT2D eigenvalue weighted by atomic mass is 9.82. The number of ketones is 2. The molecule has 1 aliphatic rings. The number of benzene rings is 1. The van der Waals surface area contributed by atoms with Crippen molar-refractivity contribution in [2.75, 3.05) is 6.26 Å². The monoisotopic (exact) mass is 455 g/mol. The lowest BCUT2D eigenvalue weighted by Crippen LogP contribution is -2.52. The molecular weight excluding hydrogens is 434 g/mol. The molecular formula is C19H21NO10S. The third-order valence-corrected chi connectivity index (χ3v) is 4.68. The van der Waals surface area contributed by atoms with Crippen molar-refractivity contribution in [3.05, 3.63) is 45.2 Å². The Hall–Kier alpha value is -3.12. The Morgan fingerprint density at radius 1 is 1.13 bits per heavy atom. The number of carbonyl (C=O) groups excluding carboxylic acids is 3. The van der Waals surface area contributed by atoms with Gasteiger partial charge in [0.05, 0.1) is 17.2 Å². The van der Waals surface area contributed by atoms with Crippen LogP contribution >= 0.6 is 0 Å². The molecule has 0 N–H and O–H groups in total. The highest BCUT2D eigenvalue weighted by Gasteiger charge is 2.50. The lowest BCUT2D eigenvalue weighted by Gasteiger charge is -2.41. The summed E-state index contributed by atoms with van der Waals surface area (Å²) in [7, 11) is -3.98. The van der Waals surface area contributed by atoms with E-state index in [0.29, 0.717) is 0 Å². The van der Waals surface area contributed by atoms with E-state index in [1.165, 1.54) is 27.7 Å². The maximum absolute atomic E-state index is 13.3. The van der Waals surface area contributed by atoms with E-state index < -0.39 is 60.6 Å². The number of hydrogen-bond acceptors (Lipinski definition) is 10. The molecule has 1 aromatic rings. The number of nitro benzene ring substituents is 1. The molecule has 12 heteroatoms. The van der Waals surface area contributed by atoms with Crippen LogP contribution in [0.3, 0.4) is 0 Å². The molecule has 0 fully saturated rings. The van der Waals surface area contributed by atoms with Crippen LogP contribution in [-0.2, 0) is 29.2 Å². The zero-order valence-corrected chi connectivity index (χ0v) is 18.5. The van der Waals surface area contributed by atoms with Gasteiger partial charge in [0.25, 0.3) is 5.69 Å². The summed E-state index contributed by atoms with van der Waals surface area (Å²) < 4.78 is 38.0. The van der Waals surface area contributed by atoms with Crippen LogP contribution in [-0.4, -0.2) is 48.3 Å². The Labute approximate surface area is 178 Å². The van der Waals surface area contributed by atoms with Gasteiger partial charge in [-0.15, -0.1) is 0 Å². The van der Waals surface area contributed by atoms with Crippen LogP contribution in [0.5, 0.6) is 5.75 Å². The van der Waals surface area contributed by atoms with E-state index in [4.69, 9.17) is 9.47 Å². The average molecular weight is 455 g/mol. The number of esters is 1. The second-order valence-electron chi connectivity index (χ2n) is 7.80. The van der Waals surface area contributed by atoms with Gasteiger partial charge in [-0.1, -0.05) is 0 Å².